The molecule has 0 saturated carbocycles. The van der Waals surface area contributed by atoms with Gasteiger partial charge in [-0.3, -0.25) is 4.79 Å². The minimum Gasteiger partial charge on any atom is -0.382 e. The Morgan fingerprint density at radius 3 is 2.59 bits per heavy atom. The lowest BCUT2D eigenvalue weighted by atomic mass is 10.2. The van der Waals surface area contributed by atoms with E-state index in [4.69, 9.17) is 10.5 Å². The lowest BCUT2D eigenvalue weighted by Crippen LogP contribution is -2.46. The summed E-state index contributed by atoms with van der Waals surface area (Å²) >= 11 is 0. The minimum atomic E-state index is -0.0855. The first-order chi connectivity index (χ1) is 8.22. The molecule has 2 N–H and O–H groups in total. The van der Waals surface area contributed by atoms with E-state index in [-0.39, 0.29) is 18.1 Å². The quantitative estimate of drug-likeness (QED) is 0.743. The van der Waals surface area contributed by atoms with E-state index in [0.29, 0.717) is 24.6 Å². The van der Waals surface area contributed by atoms with Gasteiger partial charge in [0.1, 0.15) is 11.5 Å². The molecule has 2 aliphatic rings. The molecule has 0 radical (unpaired) electrons. The maximum atomic E-state index is 12.2. The first-order valence-corrected chi connectivity index (χ1v) is 5.74. The lowest BCUT2D eigenvalue weighted by Gasteiger charge is -2.31. The van der Waals surface area contributed by atoms with Crippen molar-refractivity contribution in [2.45, 2.75) is 25.0 Å². The number of nitrogen functional groups attached to an aromatic ring is 1. The number of amides is 1. The number of carbonyl (C=O) groups excluding carboxylic acids is 1. The Hall–Kier alpha value is -1.69. The number of fused-ring (bicyclic) bond motifs is 2. The van der Waals surface area contributed by atoms with Crippen molar-refractivity contribution in [3.8, 4) is 0 Å². The van der Waals surface area contributed by atoms with Crippen LogP contribution in [-0.2, 0) is 4.74 Å². The van der Waals surface area contributed by atoms with E-state index in [1.165, 1.54) is 12.4 Å². The van der Waals surface area contributed by atoms with Crippen LogP contribution in [-0.4, -0.2) is 46.1 Å². The minimum absolute atomic E-state index is 0.0855. The molecule has 0 spiro atoms. The topological polar surface area (TPSA) is 81.3 Å². The highest BCUT2D eigenvalue weighted by Crippen LogP contribution is 2.26. The van der Waals surface area contributed by atoms with Gasteiger partial charge in [-0.05, 0) is 12.8 Å². The third-order valence-corrected chi connectivity index (χ3v) is 3.22. The number of ether oxygens (including phenoxy) is 1. The molecule has 3 heterocycles. The van der Waals surface area contributed by atoms with Gasteiger partial charge >= 0.3 is 0 Å². The van der Waals surface area contributed by atoms with Crippen molar-refractivity contribution in [2.75, 3.05) is 18.8 Å². The van der Waals surface area contributed by atoms with Crippen LogP contribution in [0.25, 0.3) is 0 Å². The molecular formula is C11H14N4O2. The zero-order valence-corrected chi connectivity index (χ0v) is 9.37. The molecule has 2 unspecified atom stereocenters. The van der Waals surface area contributed by atoms with Crippen LogP contribution in [0, 0.1) is 0 Å². The number of hydrogen-bond donors (Lipinski definition) is 1. The fourth-order valence-electron chi connectivity index (χ4n) is 2.39. The van der Waals surface area contributed by atoms with Crippen molar-refractivity contribution in [3.05, 3.63) is 18.1 Å². The van der Waals surface area contributed by atoms with Gasteiger partial charge in [0.05, 0.1) is 24.6 Å². The molecule has 0 aromatic carbocycles. The Labute approximate surface area is 98.8 Å². The van der Waals surface area contributed by atoms with Gasteiger partial charge in [-0.15, -0.1) is 0 Å². The average Bonchev–Trinajstić information content (AvgIpc) is 2.68. The largest absolute Gasteiger partial charge is 0.382 e. The van der Waals surface area contributed by atoms with Crippen molar-refractivity contribution in [1.82, 2.24) is 14.9 Å². The van der Waals surface area contributed by atoms with Crippen LogP contribution in [0.15, 0.2) is 12.4 Å². The lowest BCUT2D eigenvalue weighted by molar-refractivity contribution is -0.0305. The summed E-state index contributed by atoms with van der Waals surface area (Å²) in [7, 11) is 0. The predicted octanol–water partition coefficient (Wildman–Crippen LogP) is 0.0622. The van der Waals surface area contributed by atoms with E-state index in [1.807, 2.05) is 0 Å². The summed E-state index contributed by atoms with van der Waals surface area (Å²) < 4.78 is 5.68. The van der Waals surface area contributed by atoms with Crippen LogP contribution in [0.1, 0.15) is 23.3 Å². The molecule has 1 aromatic heterocycles. The zero-order valence-electron chi connectivity index (χ0n) is 9.37. The summed E-state index contributed by atoms with van der Waals surface area (Å²) in [6.07, 6.45) is 5.31. The summed E-state index contributed by atoms with van der Waals surface area (Å²) in [4.78, 5) is 21.8. The van der Waals surface area contributed by atoms with Gasteiger partial charge in [0.25, 0.3) is 5.91 Å². The van der Waals surface area contributed by atoms with E-state index in [2.05, 4.69) is 9.97 Å². The van der Waals surface area contributed by atoms with Gasteiger partial charge in [-0.1, -0.05) is 0 Å². The third kappa shape index (κ3) is 1.95. The fraction of sp³-hybridized carbons (Fsp3) is 0.545. The van der Waals surface area contributed by atoms with Crippen LogP contribution in [0.4, 0.5) is 5.82 Å². The van der Waals surface area contributed by atoms with Crippen molar-refractivity contribution in [2.24, 2.45) is 0 Å². The fourth-order valence-corrected chi connectivity index (χ4v) is 2.39. The molecule has 6 nitrogen and oxygen atoms in total. The van der Waals surface area contributed by atoms with Crippen LogP contribution in [0.3, 0.4) is 0 Å². The van der Waals surface area contributed by atoms with E-state index < -0.39 is 0 Å². The van der Waals surface area contributed by atoms with E-state index in [0.717, 1.165) is 12.8 Å². The molecule has 2 saturated heterocycles. The average molecular weight is 234 g/mol. The number of nitrogens with two attached hydrogens (primary N) is 1. The molecule has 17 heavy (non-hydrogen) atoms. The van der Waals surface area contributed by atoms with Gasteiger partial charge in [0, 0.05) is 13.1 Å². The molecule has 2 atom stereocenters. The highest BCUT2D eigenvalue weighted by Gasteiger charge is 2.36. The van der Waals surface area contributed by atoms with Crippen LogP contribution >= 0.6 is 0 Å². The normalized spacial score (nSPS) is 27.2. The number of carbonyl (C=O) groups is 1. The van der Waals surface area contributed by atoms with Gasteiger partial charge in [-0.2, -0.15) is 0 Å². The number of rotatable bonds is 1. The van der Waals surface area contributed by atoms with E-state index in [9.17, 15) is 4.79 Å². The first kappa shape index (κ1) is 10.5. The standard InChI is InChI=1S/C11H14N4O2/c12-10-4-13-9(3-14-10)11(16)15-5-7-1-2-8(6-15)17-7/h3-4,7-8H,1-2,5-6H2,(H2,12,14). The number of aromatic nitrogens is 2. The monoisotopic (exact) mass is 234 g/mol. The molecule has 2 aliphatic heterocycles. The molecule has 0 aliphatic carbocycles. The van der Waals surface area contributed by atoms with Crippen molar-refractivity contribution < 1.29 is 9.53 Å². The zero-order chi connectivity index (χ0) is 11.8. The second-order valence-electron chi connectivity index (χ2n) is 4.49. The Morgan fingerprint density at radius 2 is 2.00 bits per heavy atom. The molecular weight excluding hydrogens is 220 g/mol. The highest BCUT2D eigenvalue weighted by atomic mass is 16.5. The molecule has 2 fully saturated rings. The van der Waals surface area contributed by atoms with Gasteiger partial charge in [-0.25, -0.2) is 9.97 Å². The predicted molar refractivity (Wildman–Crippen MR) is 60.2 cm³/mol. The van der Waals surface area contributed by atoms with Crippen LogP contribution < -0.4 is 5.73 Å². The number of hydrogen-bond acceptors (Lipinski definition) is 5. The molecule has 1 amide bonds. The van der Waals surface area contributed by atoms with E-state index >= 15 is 0 Å². The molecule has 2 bridgehead atoms. The number of likely N-dealkylation sites (tertiary alicyclic amines) is 1. The smallest absolute Gasteiger partial charge is 0.274 e. The number of anilines is 1. The van der Waals surface area contributed by atoms with E-state index in [1.54, 1.807) is 4.90 Å². The molecule has 90 valence electrons. The summed E-state index contributed by atoms with van der Waals surface area (Å²) in [6, 6.07) is 0. The third-order valence-electron chi connectivity index (χ3n) is 3.22. The number of morpholine rings is 1. The molecule has 3 rings (SSSR count). The Bertz CT molecular complexity index is 422. The van der Waals surface area contributed by atoms with Gasteiger partial charge in [0.2, 0.25) is 0 Å². The van der Waals surface area contributed by atoms with Crippen molar-refractivity contribution in [1.29, 1.82) is 0 Å². The van der Waals surface area contributed by atoms with Crippen molar-refractivity contribution >= 4 is 11.7 Å². The summed E-state index contributed by atoms with van der Waals surface area (Å²) in [6.45, 7) is 1.31. The SMILES string of the molecule is Nc1cnc(C(=O)N2CC3CCC(C2)O3)cn1. The summed E-state index contributed by atoms with van der Waals surface area (Å²) in [5, 5.41) is 0. The Morgan fingerprint density at radius 1 is 1.29 bits per heavy atom. The molecule has 1 aromatic rings. The molecule has 6 heteroatoms. The van der Waals surface area contributed by atoms with Gasteiger partial charge in [0.15, 0.2) is 0 Å². The first-order valence-electron chi connectivity index (χ1n) is 5.74. The van der Waals surface area contributed by atoms with Gasteiger partial charge < -0.3 is 15.4 Å². The van der Waals surface area contributed by atoms with Crippen molar-refractivity contribution in [3.63, 3.8) is 0 Å². The second kappa shape index (κ2) is 3.96. The van der Waals surface area contributed by atoms with Crippen LogP contribution in [0.2, 0.25) is 0 Å². The van der Waals surface area contributed by atoms with Crippen LogP contribution in [0.5, 0.6) is 0 Å². The maximum absolute atomic E-state index is 12.2. The Balaban J connectivity index is 1.76. The summed E-state index contributed by atoms with van der Waals surface area (Å²) in [5.41, 5.74) is 5.79. The second-order valence-corrected chi connectivity index (χ2v) is 4.49. The number of nitrogens with zero attached hydrogens (tertiary/aromatic N) is 3. The highest BCUT2D eigenvalue weighted by molar-refractivity contribution is 5.92. The Kier molecular flexibility index (Phi) is 2.44. The maximum Gasteiger partial charge on any atom is 0.274 e. The summed E-state index contributed by atoms with van der Waals surface area (Å²) in [5.74, 6) is 0.237.